The Kier molecular flexibility index (Phi) is 5.48. The van der Waals surface area contributed by atoms with Gasteiger partial charge in [-0.15, -0.1) is 0 Å². The van der Waals surface area contributed by atoms with Crippen LogP contribution in [0, 0.1) is 0 Å². The minimum atomic E-state index is -0.0154. The zero-order chi connectivity index (χ0) is 15.2. The van der Waals surface area contributed by atoms with Gasteiger partial charge in [0.15, 0.2) is 0 Å². The highest BCUT2D eigenvalue weighted by molar-refractivity contribution is 6.30. The number of nitrogens with one attached hydrogen (secondary N) is 1. The summed E-state index contributed by atoms with van der Waals surface area (Å²) < 4.78 is 11.0. The lowest BCUT2D eigenvalue weighted by Crippen LogP contribution is -2.23. The predicted molar refractivity (Wildman–Crippen MR) is 86.5 cm³/mol. The molecule has 2 aromatic rings. The van der Waals surface area contributed by atoms with E-state index in [9.17, 15) is 0 Å². The third-order valence-electron chi connectivity index (χ3n) is 3.37. The predicted octanol–water partition coefficient (Wildman–Crippen LogP) is 4.06. The van der Waals surface area contributed by atoms with Crippen molar-refractivity contribution in [3.63, 3.8) is 0 Å². The summed E-state index contributed by atoms with van der Waals surface area (Å²) in [5.41, 5.74) is 2.11. The van der Waals surface area contributed by atoms with Crippen LogP contribution < -0.4 is 14.8 Å². The van der Waals surface area contributed by atoms with Crippen LogP contribution in [0.5, 0.6) is 11.5 Å². The summed E-state index contributed by atoms with van der Waals surface area (Å²) in [6, 6.07) is 13.6. The fourth-order valence-electron chi connectivity index (χ4n) is 2.41. The maximum Gasteiger partial charge on any atom is 0.127 e. The van der Waals surface area contributed by atoms with Crippen LogP contribution in [0.2, 0.25) is 5.02 Å². The van der Waals surface area contributed by atoms with Crippen molar-refractivity contribution in [1.29, 1.82) is 0 Å². The maximum atomic E-state index is 5.99. The van der Waals surface area contributed by atoms with Crippen molar-refractivity contribution in [3.8, 4) is 11.5 Å². The molecule has 0 bridgehead atoms. The van der Waals surface area contributed by atoms with Crippen LogP contribution in [0.4, 0.5) is 0 Å². The summed E-state index contributed by atoms with van der Waals surface area (Å²) in [7, 11) is 3.34. The summed E-state index contributed by atoms with van der Waals surface area (Å²) in [6.07, 6.45) is 0. The van der Waals surface area contributed by atoms with Crippen LogP contribution in [0.25, 0.3) is 0 Å². The van der Waals surface area contributed by atoms with E-state index in [2.05, 4.69) is 12.2 Å². The summed E-state index contributed by atoms with van der Waals surface area (Å²) in [5.74, 6) is 1.60. The second-order valence-electron chi connectivity index (χ2n) is 4.62. The molecule has 2 rings (SSSR count). The van der Waals surface area contributed by atoms with E-state index in [1.807, 2.05) is 42.5 Å². The first-order chi connectivity index (χ1) is 10.2. The third kappa shape index (κ3) is 3.49. The van der Waals surface area contributed by atoms with E-state index in [-0.39, 0.29) is 6.04 Å². The van der Waals surface area contributed by atoms with Crippen LogP contribution in [0.1, 0.15) is 24.1 Å². The number of hydrogen-bond acceptors (Lipinski definition) is 3. The van der Waals surface area contributed by atoms with Crippen molar-refractivity contribution in [2.24, 2.45) is 0 Å². The van der Waals surface area contributed by atoms with Crippen molar-refractivity contribution in [2.75, 3.05) is 20.8 Å². The summed E-state index contributed by atoms with van der Waals surface area (Å²) in [6.45, 7) is 2.90. The highest BCUT2D eigenvalue weighted by atomic mass is 35.5. The Morgan fingerprint density at radius 2 is 1.57 bits per heavy atom. The number of halogens is 1. The van der Waals surface area contributed by atoms with Gasteiger partial charge in [0.2, 0.25) is 0 Å². The largest absolute Gasteiger partial charge is 0.496 e. The Morgan fingerprint density at radius 3 is 2.05 bits per heavy atom. The lowest BCUT2D eigenvalue weighted by Gasteiger charge is -2.23. The summed E-state index contributed by atoms with van der Waals surface area (Å²) in [4.78, 5) is 0. The van der Waals surface area contributed by atoms with Crippen LogP contribution in [0.3, 0.4) is 0 Å². The zero-order valence-corrected chi connectivity index (χ0v) is 13.3. The molecule has 0 saturated carbocycles. The lowest BCUT2D eigenvalue weighted by molar-refractivity contribution is 0.377. The third-order valence-corrected chi connectivity index (χ3v) is 3.62. The van der Waals surface area contributed by atoms with Gasteiger partial charge in [0, 0.05) is 5.02 Å². The molecule has 0 fully saturated rings. The lowest BCUT2D eigenvalue weighted by atomic mass is 9.96. The van der Waals surface area contributed by atoms with Gasteiger partial charge < -0.3 is 14.8 Å². The SMILES string of the molecule is CCNC(c1ccc(Cl)cc1)c1c(OC)cccc1OC. The van der Waals surface area contributed by atoms with Gasteiger partial charge in [-0.2, -0.15) is 0 Å². The molecule has 0 spiro atoms. The molecule has 0 heterocycles. The molecule has 0 aromatic heterocycles. The van der Waals surface area contributed by atoms with Crippen LogP contribution in [-0.4, -0.2) is 20.8 Å². The van der Waals surface area contributed by atoms with Crippen LogP contribution in [-0.2, 0) is 0 Å². The molecule has 0 aliphatic carbocycles. The van der Waals surface area contributed by atoms with Gasteiger partial charge in [-0.3, -0.25) is 0 Å². The van der Waals surface area contributed by atoms with Gasteiger partial charge in [-0.25, -0.2) is 0 Å². The average molecular weight is 306 g/mol. The molecule has 0 radical (unpaired) electrons. The van der Waals surface area contributed by atoms with Gasteiger partial charge in [0.1, 0.15) is 11.5 Å². The average Bonchev–Trinajstić information content (AvgIpc) is 2.53. The molecule has 1 N–H and O–H groups in total. The van der Waals surface area contributed by atoms with Gasteiger partial charge in [0.25, 0.3) is 0 Å². The summed E-state index contributed by atoms with van der Waals surface area (Å²) in [5, 5.41) is 4.20. The number of ether oxygens (including phenoxy) is 2. The van der Waals surface area contributed by atoms with Crippen molar-refractivity contribution in [2.45, 2.75) is 13.0 Å². The van der Waals surface area contributed by atoms with E-state index in [1.54, 1.807) is 14.2 Å². The highest BCUT2D eigenvalue weighted by Gasteiger charge is 2.21. The van der Waals surface area contributed by atoms with Crippen molar-refractivity contribution >= 4 is 11.6 Å². The molecule has 1 unspecified atom stereocenters. The Morgan fingerprint density at radius 1 is 1.00 bits per heavy atom. The van der Waals surface area contributed by atoms with Gasteiger partial charge in [-0.05, 0) is 36.4 Å². The van der Waals surface area contributed by atoms with E-state index < -0.39 is 0 Å². The number of methoxy groups -OCH3 is 2. The van der Waals surface area contributed by atoms with E-state index >= 15 is 0 Å². The second-order valence-corrected chi connectivity index (χ2v) is 5.05. The van der Waals surface area contributed by atoms with Gasteiger partial charge >= 0.3 is 0 Å². The van der Waals surface area contributed by atoms with E-state index in [4.69, 9.17) is 21.1 Å². The van der Waals surface area contributed by atoms with Crippen LogP contribution >= 0.6 is 11.6 Å². The molecule has 4 heteroatoms. The molecule has 2 aromatic carbocycles. The normalized spacial score (nSPS) is 12.0. The van der Waals surface area contributed by atoms with Crippen molar-refractivity contribution in [3.05, 3.63) is 58.6 Å². The fraction of sp³-hybridized carbons (Fsp3) is 0.294. The molecule has 3 nitrogen and oxygen atoms in total. The molecule has 0 saturated heterocycles. The number of benzene rings is 2. The Labute approximate surface area is 130 Å². The van der Waals surface area contributed by atoms with Gasteiger partial charge in [0.05, 0.1) is 25.8 Å². The molecule has 0 aliphatic heterocycles. The second kappa shape index (κ2) is 7.34. The van der Waals surface area contributed by atoms with E-state index in [1.165, 1.54) is 0 Å². The first-order valence-corrected chi connectivity index (χ1v) is 7.28. The van der Waals surface area contributed by atoms with Crippen LogP contribution in [0.15, 0.2) is 42.5 Å². The smallest absolute Gasteiger partial charge is 0.127 e. The minimum absolute atomic E-state index is 0.0154. The monoisotopic (exact) mass is 305 g/mol. The number of hydrogen-bond donors (Lipinski definition) is 1. The topological polar surface area (TPSA) is 30.5 Å². The Balaban J connectivity index is 2.54. The van der Waals surface area contributed by atoms with Gasteiger partial charge in [-0.1, -0.05) is 36.7 Å². The maximum absolute atomic E-state index is 5.99. The zero-order valence-electron chi connectivity index (χ0n) is 12.5. The molecule has 1 atom stereocenters. The van der Waals surface area contributed by atoms with E-state index in [0.29, 0.717) is 0 Å². The Bertz CT molecular complexity index is 562. The molecule has 0 amide bonds. The molecule has 0 aliphatic rings. The number of rotatable bonds is 6. The molecule has 112 valence electrons. The first-order valence-electron chi connectivity index (χ1n) is 6.91. The highest BCUT2D eigenvalue weighted by Crippen LogP contribution is 2.37. The minimum Gasteiger partial charge on any atom is -0.496 e. The first kappa shape index (κ1) is 15.7. The fourth-order valence-corrected chi connectivity index (χ4v) is 2.54. The standard InChI is InChI=1S/C17H20ClNO2/c1-4-19-17(12-8-10-13(18)11-9-12)16-14(20-2)6-5-7-15(16)21-3/h5-11,17,19H,4H2,1-3H3. The quantitative estimate of drug-likeness (QED) is 0.873. The van der Waals surface area contributed by atoms with Crippen molar-refractivity contribution in [1.82, 2.24) is 5.32 Å². The Hall–Kier alpha value is -1.71. The molecular weight excluding hydrogens is 286 g/mol. The van der Waals surface area contributed by atoms with Crippen molar-refractivity contribution < 1.29 is 9.47 Å². The molecular formula is C17H20ClNO2. The summed E-state index contributed by atoms with van der Waals surface area (Å²) >= 11 is 5.99. The molecule has 21 heavy (non-hydrogen) atoms. The van der Waals surface area contributed by atoms with E-state index in [0.717, 1.165) is 34.2 Å².